The lowest BCUT2D eigenvalue weighted by atomic mass is 10.1. The SMILES string of the molecule is O=C(CC1CC1)C1=CCCCO1. The molecule has 0 amide bonds. The zero-order valence-electron chi connectivity index (χ0n) is 7.21. The van der Waals surface area contributed by atoms with Gasteiger partial charge in [-0.1, -0.05) is 0 Å². The molecule has 0 spiro atoms. The van der Waals surface area contributed by atoms with E-state index in [0.29, 0.717) is 18.1 Å². The second-order valence-electron chi connectivity index (χ2n) is 3.63. The molecule has 0 saturated heterocycles. The fourth-order valence-electron chi connectivity index (χ4n) is 1.44. The van der Waals surface area contributed by atoms with Gasteiger partial charge < -0.3 is 4.74 Å². The van der Waals surface area contributed by atoms with Crippen molar-refractivity contribution >= 4 is 5.78 Å². The van der Waals surface area contributed by atoms with Gasteiger partial charge in [0.05, 0.1) is 6.61 Å². The smallest absolute Gasteiger partial charge is 0.197 e. The highest BCUT2D eigenvalue weighted by Gasteiger charge is 2.26. The van der Waals surface area contributed by atoms with Crippen molar-refractivity contribution in [3.8, 4) is 0 Å². The van der Waals surface area contributed by atoms with Crippen LogP contribution in [0.15, 0.2) is 11.8 Å². The predicted octanol–water partition coefficient (Wildman–Crippen LogP) is 2.05. The molecular formula is C10H14O2. The van der Waals surface area contributed by atoms with Crippen LogP contribution in [0.1, 0.15) is 32.1 Å². The van der Waals surface area contributed by atoms with Gasteiger partial charge in [0.1, 0.15) is 0 Å². The molecule has 0 N–H and O–H groups in total. The summed E-state index contributed by atoms with van der Waals surface area (Å²) < 4.78 is 5.28. The summed E-state index contributed by atoms with van der Waals surface area (Å²) in [6.45, 7) is 0.724. The quantitative estimate of drug-likeness (QED) is 0.641. The molecule has 0 atom stereocenters. The van der Waals surface area contributed by atoms with E-state index >= 15 is 0 Å². The Balaban J connectivity index is 1.88. The molecule has 1 fully saturated rings. The molecule has 1 aliphatic carbocycles. The van der Waals surface area contributed by atoms with Crippen LogP contribution < -0.4 is 0 Å². The fraction of sp³-hybridized carbons (Fsp3) is 0.700. The molecule has 2 nitrogen and oxygen atoms in total. The number of hydrogen-bond acceptors (Lipinski definition) is 2. The minimum absolute atomic E-state index is 0.220. The molecule has 0 aromatic carbocycles. The molecule has 2 heteroatoms. The molecule has 66 valence electrons. The van der Waals surface area contributed by atoms with Crippen LogP contribution in [0.5, 0.6) is 0 Å². The number of hydrogen-bond donors (Lipinski definition) is 0. The zero-order valence-corrected chi connectivity index (χ0v) is 7.21. The largest absolute Gasteiger partial charge is 0.490 e. The number of ether oxygens (including phenoxy) is 1. The third kappa shape index (κ3) is 1.87. The van der Waals surface area contributed by atoms with Crippen molar-refractivity contribution in [1.29, 1.82) is 0 Å². The summed E-state index contributed by atoms with van der Waals surface area (Å²) in [4.78, 5) is 11.5. The molecule has 1 saturated carbocycles. The van der Waals surface area contributed by atoms with E-state index in [1.165, 1.54) is 12.8 Å². The number of rotatable bonds is 3. The summed E-state index contributed by atoms with van der Waals surface area (Å²) in [5.74, 6) is 1.52. The van der Waals surface area contributed by atoms with Crippen LogP contribution in [0, 0.1) is 5.92 Å². The Morgan fingerprint density at radius 3 is 3.00 bits per heavy atom. The first-order chi connectivity index (χ1) is 5.86. The number of Topliss-reactive ketones (excluding diaryl/α,β-unsaturated/α-hetero) is 1. The lowest BCUT2D eigenvalue weighted by molar-refractivity contribution is -0.119. The Labute approximate surface area is 72.6 Å². The molecule has 0 unspecified atom stereocenters. The third-order valence-electron chi connectivity index (χ3n) is 2.38. The van der Waals surface area contributed by atoms with Crippen molar-refractivity contribution in [1.82, 2.24) is 0 Å². The maximum atomic E-state index is 11.5. The second kappa shape index (κ2) is 3.30. The fourth-order valence-corrected chi connectivity index (χ4v) is 1.44. The topological polar surface area (TPSA) is 26.3 Å². The summed E-state index contributed by atoms with van der Waals surface area (Å²) >= 11 is 0. The third-order valence-corrected chi connectivity index (χ3v) is 2.38. The molecule has 2 aliphatic rings. The van der Waals surface area contributed by atoms with E-state index in [2.05, 4.69) is 0 Å². The Bertz CT molecular complexity index is 214. The summed E-state index contributed by atoms with van der Waals surface area (Å²) in [6.07, 6.45) is 7.18. The Kier molecular flexibility index (Phi) is 2.15. The summed E-state index contributed by atoms with van der Waals surface area (Å²) in [5, 5.41) is 0. The van der Waals surface area contributed by atoms with Crippen molar-refractivity contribution in [2.24, 2.45) is 5.92 Å². The normalized spacial score (nSPS) is 22.8. The van der Waals surface area contributed by atoms with E-state index in [1.54, 1.807) is 0 Å². The van der Waals surface area contributed by atoms with E-state index < -0.39 is 0 Å². The number of carbonyl (C=O) groups excluding carboxylic acids is 1. The lowest BCUT2D eigenvalue weighted by Crippen LogP contribution is -2.11. The van der Waals surface area contributed by atoms with Gasteiger partial charge in [0.15, 0.2) is 11.5 Å². The van der Waals surface area contributed by atoms with E-state index in [4.69, 9.17) is 4.74 Å². The maximum Gasteiger partial charge on any atom is 0.197 e. The average molecular weight is 166 g/mol. The van der Waals surface area contributed by atoms with E-state index in [1.807, 2.05) is 6.08 Å². The standard InChI is InChI=1S/C10H14O2/c11-9(7-8-4-5-8)10-3-1-2-6-12-10/h3,8H,1-2,4-7H2. The summed E-state index contributed by atoms with van der Waals surface area (Å²) in [6, 6.07) is 0. The Morgan fingerprint density at radius 2 is 2.42 bits per heavy atom. The van der Waals surface area contributed by atoms with Crippen LogP contribution in [0.25, 0.3) is 0 Å². The molecule has 1 aliphatic heterocycles. The molecule has 0 aromatic rings. The van der Waals surface area contributed by atoms with E-state index in [9.17, 15) is 4.79 Å². The van der Waals surface area contributed by atoms with Crippen LogP contribution >= 0.6 is 0 Å². The van der Waals surface area contributed by atoms with Gasteiger partial charge in [-0.3, -0.25) is 4.79 Å². The molecule has 2 rings (SSSR count). The van der Waals surface area contributed by atoms with Crippen LogP contribution in [-0.4, -0.2) is 12.4 Å². The number of allylic oxidation sites excluding steroid dienone is 2. The summed E-state index contributed by atoms with van der Waals surface area (Å²) in [5.41, 5.74) is 0. The monoisotopic (exact) mass is 166 g/mol. The van der Waals surface area contributed by atoms with E-state index in [-0.39, 0.29) is 5.78 Å². The minimum Gasteiger partial charge on any atom is -0.490 e. The van der Waals surface area contributed by atoms with Gasteiger partial charge in [0.2, 0.25) is 0 Å². The maximum absolute atomic E-state index is 11.5. The van der Waals surface area contributed by atoms with Crippen LogP contribution in [-0.2, 0) is 9.53 Å². The first kappa shape index (κ1) is 7.84. The molecule has 0 aromatic heterocycles. The van der Waals surface area contributed by atoms with Crippen molar-refractivity contribution in [3.63, 3.8) is 0 Å². The van der Waals surface area contributed by atoms with Crippen molar-refractivity contribution < 1.29 is 9.53 Å². The van der Waals surface area contributed by atoms with Crippen molar-refractivity contribution in [2.45, 2.75) is 32.1 Å². The number of carbonyl (C=O) groups is 1. The minimum atomic E-state index is 0.220. The first-order valence-corrected chi connectivity index (χ1v) is 4.72. The predicted molar refractivity (Wildman–Crippen MR) is 45.6 cm³/mol. The lowest BCUT2D eigenvalue weighted by Gasteiger charge is -2.13. The highest BCUT2D eigenvalue weighted by Crippen LogP contribution is 2.33. The van der Waals surface area contributed by atoms with E-state index in [0.717, 1.165) is 19.4 Å². The van der Waals surface area contributed by atoms with Crippen molar-refractivity contribution in [3.05, 3.63) is 11.8 Å². The van der Waals surface area contributed by atoms with Gasteiger partial charge in [-0.15, -0.1) is 0 Å². The molecule has 12 heavy (non-hydrogen) atoms. The molecular weight excluding hydrogens is 152 g/mol. The van der Waals surface area contributed by atoms with Gasteiger partial charge >= 0.3 is 0 Å². The van der Waals surface area contributed by atoms with Gasteiger partial charge in [-0.2, -0.15) is 0 Å². The highest BCUT2D eigenvalue weighted by atomic mass is 16.5. The Morgan fingerprint density at radius 1 is 1.58 bits per heavy atom. The van der Waals surface area contributed by atoms with Crippen LogP contribution in [0.3, 0.4) is 0 Å². The number of ketones is 1. The average Bonchev–Trinajstić information content (AvgIpc) is 2.90. The van der Waals surface area contributed by atoms with Gasteiger partial charge in [0, 0.05) is 6.42 Å². The first-order valence-electron chi connectivity index (χ1n) is 4.72. The molecule has 1 heterocycles. The van der Waals surface area contributed by atoms with Gasteiger partial charge in [-0.25, -0.2) is 0 Å². The molecule has 0 radical (unpaired) electrons. The van der Waals surface area contributed by atoms with Crippen molar-refractivity contribution in [2.75, 3.05) is 6.61 Å². The van der Waals surface area contributed by atoms with Crippen LogP contribution in [0.4, 0.5) is 0 Å². The summed E-state index contributed by atoms with van der Waals surface area (Å²) in [7, 11) is 0. The Hall–Kier alpha value is -0.790. The molecule has 0 bridgehead atoms. The van der Waals surface area contributed by atoms with Gasteiger partial charge in [0.25, 0.3) is 0 Å². The van der Waals surface area contributed by atoms with Crippen LogP contribution in [0.2, 0.25) is 0 Å². The van der Waals surface area contributed by atoms with Gasteiger partial charge in [-0.05, 0) is 37.7 Å². The second-order valence-corrected chi connectivity index (χ2v) is 3.63. The zero-order chi connectivity index (χ0) is 8.39. The highest BCUT2D eigenvalue weighted by molar-refractivity contribution is 5.93.